The molecule has 0 spiro atoms. The molecule has 0 saturated carbocycles. The van der Waals surface area contributed by atoms with Crippen molar-refractivity contribution in [2.24, 2.45) is 5.92 Å². The fraction of sp³-hybridized carbons (Fsp3) is 0.444. The molecule has 11 nitrogen and oxygen atoms in total. The van der Waals surface area contributed by atoms with E-state index in [9.17, 15) is 37.1 Å². The van der Waals surface area contributed by atoms with E-state index in [4.69, 9.17) is 4.74 Å². The van der Waals surface area contributed by atoms with E-state index >= 15 is 0 Å². The van der Waals surface area contributed by atoms with Crippen LogP contribution in [-0.2, 0) is 28.7 Å². The summed E-state index contributed by atoms with van der Waals surface area (Å²) in [6.07, 6.45) is -2.43. The van der Waals surface area contributed by atoms with Crippen molar-refractivity contribution >= 4 is 51.5 Å². The Bertz CT molecular complexity index is 1960. The lowest BCUT2D eigenvalue weighted by atomic mass is 9.95. The quantitative estimate of drug-likeness (QED) is 0.161. The summed E-state index contributed by atoms with van der Waals surface area (Å²) in [6.45, 7) is 7.69. The number of hydrogen-bond donors (Lipinski definition) is 0. The van der Waals surface area contributed by atoms with E-state index in [1.165, 1.54) is 52.5 Å². The average Bonchev–Trinajstić information content (AvgIpc) is 3.09. The van der Waals surface area contributed by atoms with Crippen LogP contribution in [0.15, 0.2) is 56.9 Å². The predicted octanol–water partition coefficient (Wildman–Crippen LogP) is 6.57. The summed E-state index contributed by atoms with van der Waals surface area (Å²) in [5, 5.41) is 0.317. The summed E-state index contributed by atoms with van der Waals surface area (Å²) in [6, 6.07) is 9.04. The number of carbonyl (C=O) groups excluding carboxylic acids is 4. The lowest BCUT2D eigenvalue weighted by molar-refractivity contribution is -0.138. The molecule has 52 heavy (non-hydrogen) atoms. The van der Waals surface area contributed by atoms with Crippen molar-refractivity contribution in [2.75, 3.05) is 26.4 Å². The van der Waals surface area contributed by atoms with Crippen molar-refractivity contribution in [3.05, 3.63) is 85.2 Å². The maximum Gasteiger partial charge on any atom is 0.417 e. The third-order valence-corrected chi connectivity index (χ3v) is 10.4. The molecule has 0 aliphatic carbocycles. The van der Waals surface area contributed by atoms with Gasteiger partial charge in [0.05, 0.1) is 23.5 Å². The highest BCUT2D eigenvalue weighted by atomic mass is 79.9. The Labute approximate surface area is 311 Å². The third-order valence-electron chi connectivity index (χ3n) is 9.05. The SMILES string of the molecule is CSc1nc2c(c(=O)n1-c1ccc(C(=O)N(C)C(=O)C3CCN(C(=O)OC(C)(C)C)CC3)cc1)C[C@@H](C)N(C(=O)c1ccc(Br)c(C(F)(F)F)c1)C2. The van der Waals surface area contributed by atoms with Crippen LogP contribution in [0.4, 0.5) is 18.0 Å². The number of amides is 4. The molecular weight excluding hydrogens is 767 g/mol. The number of ether oxygens (including phenoxy) is 1. The Kier molecular flexibility index (Phi) is 11.3. The molecule has 0 radical (unpaired) electrons. The number of likely N-dealkylation sites (tertiary alicyclic amines) is 1. The third kappa shape index (κ3) is 8.22. The van der Waals surface area contributed by atoms with Crippen molar-refractivity contribution in [1.29, 1.82) is 0 Å². The molecule has 16 heteroatoms. The van der Waals surface area contributed by atoms with Gasteiger partial charge in [0.25, 0.3) is 17.4 Å². The first-order chi connectivity index (χ1) is 24.3. The molecule has 0 unspecified atom stereocenters. The number of carbonyl (C=O) groups is 4. The van der Waals surface area contributed by atoms with Crippen LogP contribution in [0.3, 0.4) is 0 Å². The topological polar surface area (TPSA) is 122 Å². The summed E-state index contributed by atoms with van der Waals surface area (Å²) in [4.78, 5) is 75.1. The lowest BCUT2D eigenvalue weighted by Crippen LogP contribution is -2.46. The van der Waals surface area contributed by atoms with Gasteiger partial charge in [-0.25, -0.2) is 9.78 Å². The molecule has 4 amide bonds. The van der Waals surface area contributed by atoms with E-state index in [0.717, 1.165) is 11.0 Å². The van der Waals surface area contributed by atoms with E-state index in [2.05, 4.69) is 20.9 Å². The van der Waals surface area contributed by atoms with Crippen molar-refractivity contribution in [3.8, 4) is 5.69 Å². The second kappa shape index (κ2) is 15.0. The number of hydrogen-bond acceptors (Lipinski definition) is 8. The number of alkyl halides is 3. The molecule has 2 aromatic carbocycles. The number of nitrogens with zero attached hydrogens (tertiary/aromatic N) is 5. The highest BCUT2D eigenvalue weighted by molar-refractivity contribution is 9.10. The van der Waals surface area contributed by atoms with E-state index < -0.39 is 47.2 Å². The molecule has 0 N–H and O–H groups in total. The van der Waals surface area contributed by atoms with E-state index in [1.807, 2.05) is 0 Å². The van der Waals surface area contributed by atoms with Gasteiger partial charge in [-0.05, 0) is 95.7 Å². The first-order valence-electron chi connectivity index (χ1n) is 16.6. The summed E-state index contributed by atoms with van der Waals surface area (Å²) in [5.74, 6) is -1.90. The molecule has 1 atom stereocenters. The van der Waals surface area contributed by atoms with Crippen LogP contribution in [0.25, 0.3) is 5.69 Å². The minimum atomic E-state index is -4.66. The number of benzene rings is 2. The molecule has 1 fully saturated rings. The van der Waals surface area contributed by atoms with E-state index in [0.29, 0.717) is 48.0 Å². The standard InChI is InChI=1S/C36H39BrF3N5O6S/c1-20-17-25-28(19-44(20)31(48)23-9-12-27(37)26(18-23)36(38,39)40)41-33(52-6)45(32(25)49)24-10-7-21(8-11-24)29(46)42(5)30(47)22-13-15-43(16-14-22)34(50)51-35(2,3)4/h7-12,18,20,22H,13-17,19H2,1-6H3/t20-/m1/s1. The number of aromatic nitrogens is 2. The highest BCUT2D eigenvalue weighted by Gasteiger charge is 2.37. The second-order valence-electron chi connectivity index (χ2n) is 13.8. The van der Waals surface area contributed by atoms with Crippen molar-refractivity contribution in [1.82, 2.24) is 24.3 Å². The predicted molar refractivity (Wildman–Crippen MR) is 191 cm³/mol. The highest BCUT2D eigenvalue weighted by Crippen LogP contribution is 2.36. The molecule has 3 aromatic rings. The molecule has 1 aromatic heterocycles. The molecule has 2 aliphatic heterocycles. The minimum absolute atomic E-state index is 0.0653. The van der Waals surface area contributed by atoms with Gasteiger partial charge in [-0.3, -0.25) is 28.6 Å². The smallest absolute Gasteiger partial charge is 0.417 e. The van der Waals surface area contributed by atoms with E-state index in [1.54, 1.807) is 51.0 Å². The van der Waals surface area contributed by atoms with Gasteiger partial charge in [0.1, 0.15) is 5.60 Å². The molecule has 278 valence electrons. The van der Waals surface area contributed by atoms with Crippen LogP contribution >= 0.6 is 27.7 Å². The summed E-state index contributed by atoms with van der Waals surface area (Å²) in [7, 11) is 1.42. The van der Waals surface area contributed by atoms with Crippen molar-refractivity contribution in [2.45, 2.75) is 76.5 Å². The zero-order valence-corrected chi connectivity index (χ0v) is 31.9. The van der Waals surface area contributed by atoms with Crippen LogP contribution in [-0.4, -0.2) is 86.1 Å². The van der Waals surface area contributed by atoms with Crippen LogP contribution < -0.4 is 5.56 Å². The van der Waals surface area contributed by atoms with Gasteiger partial charge in [0.2, 0.25) is 5.91 Å². The van der Waals surface area contributed by atoms with Gasteiger partial charge in [0, 0.05) is 53.3 Å². The normalized spacial score (nSPS) is 16.7. The van der Waals surface area contributed by atoms with Crippen molar-refractivity contribution in [3.63, 3.8) is 0 Å². The zero-order chi connectivity index (χ0) is 38.3. The largest absolute Gasteiger partial charge is 0.444 e. The average molecular weight is 807 g/mol. The monoisotopic (exact) mass is 805 g/mol. The van der Waals surface area contributed by atoms with E-state index in [-0.39, 0.29) is 40.0 Å². The van der Waals surface area contributed by atoms with Gasteiger partial charge in [0.15, 0.2) is 5.16 Å². The first-order valence-corrected chi connectivity index (χ1v) is 18.6. The fourth-order valence-electron chi connectivity index (χ4n) is 6.27. The van der Waals surface area contributed by atoms with Gasteiger partial charge in [-0.2, -0.15) is 13.2 Å². The number of fused-ring (bicyclic) bond motifs is 1. The summed E-state index contributed by atoms with van der Waals surface area (Å²) < 4.78 is 47.3. The van der Waals surface area contributed by atoms with Gasteiger partial charge >= 0.3 is 12.3 Å². The Morgan fingerprint density at radius 2 is 1.62 bits per heavy atom. The number of halogens is 4. The fourth-order valence-corrected chi connectivity index (χ4v) is 7.31. The summed E-state index contributed by atoms with van der Waals surface area (Å²) >= 11 is 4.10. The van der Waals surface area contributed by atoms with Gasteiger partial charge < -0.3 is 14.5 Å². The Morgan fingerprint density at radius 1 is 1.00 bits per heavy atom. The second-order valence-corrected chi connectivity index (χ2v) is 15.5. The lowest BCUT2D eigenvalue weighted by Gasteiger charge is -2.34. The maximum atomic E-state index is 13.9. The molecule has 1 saturated heterocycles. The van der Waals surface area contributed by atoms with Crippen LogP contribution in [0.5, 0.6) is 0 Å². The molecule has 3 heterocycles. The maximum absolute atomic E-state index is 13.9. The molecule has 0 bridgehead atoms. The molecule has 5 rings (SSSR count). The zero-order valence-electron chi connectivity index (χ0n) is 29.5. The molecule has 2 aliphatic rings. The molecular formula is C36H39BrF3N5O6S. The summed E-state index contributed by atoms with van der Waals surface area (Å²) in [5.41, 5.74) is -0.675. The van der Waals surface area contributed by atoms with Gasteiger partial charge in [-0.15, -0.1) is 0 Å². The number of piperidine rings is 1. The number of imide groups is 1. The number of rotatable bonds is 5. The Hall–Kier alpha value is -4.18. The number of thioether (sulfide) groups is 1. The minimum Gasteiger partial charge on any atom is -0.444 e. The van der Waals surface area contributed by atoms with Gasteiger partial charge in [-0.1, -0.05) is 27.7 Å². The van der Waals surface area contributed by atoms with Crippen LogP contribution in [0, 0.1) is 5.92 Å². The Morgan fingerprint density at radius 3 is 2.19 bits per heavy atom. The first kappa shape index (κ1) is 39.0. The van der Waals surface area contributed by atoms with Crippen molar-refractivity contribution < 1.29 is 37.1 Å². The van der Waals surface area contributed by atoms with Crippen LogP contribution in [0.1, 0.15) is 78.1 Å². The Balaban J connectivity index is 1.31. The van der Waals surface area contributed by atoms with Crippen LogP contribution in [0.2, 0.25) is 0 Å².